The van der Waals surface area contributed by atoms with Crippen molar-refractivity contribution in [2.75, 3.05) is 37.7 Å². The lowest BCUT2D eigenvalue weighted by Gasteiger charge is -2.57. The Hall–Kier alpha value is -2.57. The maximum absolute atomic E-state index is 14.0. The summed E-state index contributed by atoms with van der Waals surface area (Å²) >= 11 is 0. The third-order valence-corrected chi connectivity index (χ3v) is 9.86. The smallest absolute Gasteiger partial charge is 0.250 e. The second-order valence-corrected chi connectivity index (χ2v) is 12.3. The first kappa shape index (κ1) is 23.8. The molecule has 6 aliphatic rings. The van der Waals surface area contributed by atoms with Gasteiger partial charge < -0.3 is 20.0 Å². The van der Waals surface area contributed by atoms with E-state index >= 15 is 0 Å². The molecule has 6 fully saturated rings. The summed E-state index contributed by atoms with van der Waals surface area (Å²) in [6.45, 7) is 4.36. The second kappa shape index (κ2) is 9.07. The number of carbonyl (C=O) groups is 3. The Morgan fingerprint density at radius 3 is 2.17 bits per heavy atom. The lowest BCUT2D eigenvalue weighted by molar-refractivity contribution is -0.160. The Balaban J connectivity index is 1.20. The molecule has 194 valence electrons. The highest BCUT2D eigenvalue weighted by atomic mass is 16.2. The summed E-state index contributed by atoms with van der Waals surface area (Å²) in [5, 5.41) is 2.91. The Kier molecular flexibility index (Phi) is 6.00. The van der Waals surface area contributed by atoms with Crippen molar-refractivity contribution in [1.82, 2.24) is 15.1 Å². The van der Waals surface area contributed by atoms with E-state index in [0.29, 0.717) is 45.1 Å². The van der Waals surface area contributed by atoms with Crippen LogP contribution in [0.15, 0.2) is 30.3 Å². The van der Waals surface area contributed by atoms with Gasteiger partial charge in [0.25, 0.3) is 5.91 Å². The first-order valence-corrected chi connectivity index (χ1v) is 14.1. The van der Waals surface area contributed by atoms with E-state index < -0.39 is 5.54 Å². The Morgan fingerprint density at radius 1 is 0.972 bits per heavy atom. The summed E-state index contributed by atoms with van der Waals surface area (Å²) < 4.78 is 0. The molecule has 0 radical (unpaired) electrons. The maximum Gasteiger partial charge on any atom is 0.250 e. The van der Waals surface area contributed by atoms with Crippen molar-refractivity contribution in [2.45, 2.75) is 70.3 Å². The number of likely N-dealkylation sites (tertiary alicyclic amines) is 1. The Labute approximate surface area is 214 Å². The monoisotopic (exact) mass is 492 g/mol. The number of nitrogens with zero attached hydrogens (tertiary/aromatic N) is 3. The summed E-state index contributed by atoms with van der Waals surface area (Å²) in [6, 6.07) is 10.1. The molecular formula is C29H40N4O3. The molecule has 3 amide bonds. The minimum atomic E-state index is -0.690. The number of amides is 3. The first-order valence-electron chi connectivity index (χ1n) is 14.1. The summed E-state index contributed by atoms with van der Waals surface area (Å²) in [5.74, 6) is 2.52. The number of nitrogens with one attached hydrogen (secondary N) is 1. The molecule has 1 N–H and O–H groups in total. The summed E-state index contributed by atoms with van der Waals surface area (Å²) in [4.78, 5) is 46.3. The number of piperidine rings is 1. The van der Waals surface area contributed by atoms with Gasteiger partial charge in [-0.2, -0.15) is 0 Å². The molecule has 0 atom stereocenters. The number of para-hydroxylation sites is 1. The molecule has 1 aromatic carbocycles. The standard InChI is InChI=1S/C29H40N4O3/c1-2-10-30-25(34)19-32-20-33(24-6-4-3-5-7-24)29(27(32)36)8-11-31(12-9-29)26(35)28-16-21-13-22(17-28)15-23(14-21)18-28/h3-7,21-23H,2,8-20H2,1H3,(H,30,34). The van der Waals surface area contributed by atoms with Crippen LogP contribution in [0.1, 0.15) is 64.7 Å². The molecule has 4 bridgehead atoms. The van der Waals surface area contributed by atoms with E-state index in [0.717, 1.165) is 49.1 Å². The van der Waals surface area contributed by atoms with Crippen molar-refractivity contribution in [3.05, 3.63) is 30.3 Å². The van der Waals surface area contributed by atoms with Crippen molar-refractivity contribution >= 4 is 23.4 Å². The van der Waals surface area contributed by atoms with Gasteiger partial charge in [-0.1, -0.05) is 25.1 Å². The second-order valence-electron chi connectivity index (χ2n) is 12.3. The highest BCUT2D eigenvalue weighted by Crippen LogP contribution is 2.60. The van der Waals surface area contributed by atoms with Crippen LogP contribution in [0, 0.1) is 23.2 Å². The zero-order valence-electron chi connectivity index (χ0n) is 21.6. The number of hydrogen-bond donors (Lipinski definition) is 1. The fourth-order valence-corrected chi connectivity index (χ4v) is 8.60. The molecule has 0 aromatic heterocycles. The van der Waals surface area contributed by atoms with E-state index in [1.807, 2.05) is 37.3 Å². The maximum atomic E-state index is 14.0. The first-order chi connectivity index (χ1) is 17.4. The van der Waals surface area contributed by atoms with Gasteiger partial charge >= 0.3 is 0 Å². The topological polar surface area (TPSA) is 73.0 Å². The molecule has 7 rings (SSSR count). The quantitative estimate of drug-likeness (QED) is 0.661. The lowest BCUT2D eigenvalue weighted by atomic mass is 9.49. The molecular weight excluding hydrogens is 452 g/mol. The highest BCUT2D eigenvalue weighted by Gasteiger charge is 2.58. The molecule has 1 spiro atoms. The van der Waals surface area contributed by atoms with Gasteiger partial charge in [-0.15, -0.1) is 0 Å². The largest absolute Gasteiger partial charge is 0.355 e. The average molecular weight is 493 g/mol. The minimum absolute atomic E-state index is 0.0277. The van der Waals surface area contributed by atoms with Crippen LogP contribution in [0.5, 0.6) is 0 Å². The molecule has 0 unspecified atom stereocenters. The van der Waals surface area contributed by atoms with E-state index in [4.69, 9.17) is 0 Å². The van der Waals surface area contributed by atoms with Crippen molar-refractivity contribution in [1.29, 1.82) is 0 Å². The van der Waals surface area contributed by atoms with Crippen LogP contribution in [0.4, 0.5) is 5.69 Å². The molecule has 7 heteroatoms. The number of anilines is 1. The highest BCUT2D eigenvalue weighted by molar-refractivity contribution is 5.96. The number of rotatable bonds is 6. The van der Waals surface area contributed by atoms with Crippen molar-refractivity contribution in [3.8, 4) is 0 Å². The lowest BCUT2D eigenvalue weighted by Crippen LogP contribution is -2.61. The van der Waals surface area contributed by atoms with Gasteiger partial charge in [0.1, 0.15) is 12.1 Å². The van der Waals surface area contributed by atoms with Crippen molar-refractivity contribution in [2.24, 2.45) is 23.2 Å². The third-order valence-electron chi connectivity index (χ3n) is 9.86. The summed E-state index contributed by atoms with van der Waals surface area (Å²) in [6.07, 6.45) is 9.33. The predicted molar refractivity (Wildman–Crippen MR) is 138 cm³/mol. The van der Waals surface area contributed by atoms with Crippen LogP contribution in [-0.4, -0.2) is 65.9 Å². The van der Waals surface area contributed by atoms with Crippen molar-refractivity contribution in [3.63, 3.8) is 0 Å². The number of carbonyl (C=O) groups excluding carboxylic acids is 3. The summed E-state index contributed by atoms with van der Waals surface area (Å²) in [7, 11) is 0. The van der Waals surface area contributed by atoms with Gasteiger partial charge in [0.05, 0.1) is 12.1 Å². The van der Waals surface area contributed by atoms with E-state index in [9.17, 15) is 14.4 Å². The van der Waals surface area contributed by atoms with Gasteiger partial charge in [0.15, 0.2) is 0 Å². The predicted octanol–water partition coefficient (Wildman–Crippen LogP) is 3.40. The minimum Gasteiger partial charge on any atom is -0.355 e. The fourth-order valence-electron chi connectivity index (χ4n) is 8.60. The van der Waals surface area contributed by atoms with E-state index in [2.05, 4.69) is 15.1 Å². The Morgan fingerprint density at radius 2 is 1.58 bits per heavy atom. The molecule has 1 aromatic rings. The van der Waals surface area contributed by atoms with Gasteiger partial charge in [-0.3, -0.25) is 14.4 Å². The van der Waals surface area contributed by atoms with Crippen LogP contribution in [0.25, 0.3) is 0 Å². The van der Waals surface area contributed by atoms with E-state index in [-0.39, 0.29) is 23.8 Å². The SMILES string of the molecule is CCCNC(=O)CN1CN(c2ccccc2)C2(CCN(C(=O)C34CC5CC(CC(C5)C3)C4)CC2)C1=O. The third kappa shape index (κ3) is 3.90. The Bertz CT molecular complexity index is 981. The van der Waals surface area contributed by atoms with Crippen molar-refractivity contribution < 1.29 is 14.4 Å². The van der Waals surface area contributed by atoms with Gasteiger partial charge in [0.2, 0.25) is 11.8 Å². The summed E-state index contributed by atoms with van der Waals surface area (Å²) in [5.41, 5.74) is 0.176. The van der Waals surface area contributed by atoms with E-state index in [1.165, 1.54) is 19.3 Å². The van der Waals surface area contributed by atoms with Gasteiger partial charge in [-0.05, 0) is 87.7 Å². The van der Waals surface area contributed by atoms with Gasteiger partial charge in [-0.25, -0.2) is 0 Å². The average Bonchev–Trinajstić information content (AvgIpc) is 3.13. The van der Waals surface area contributed by atoms with E-state index in [1.54, 1.807) is 4.90 Å². The number of benzene rings is 1. The van der Waals surface area contributed by atoms with Gasteiger partial charge in [0, 0.05) is 25.3 Å². The van der Waals surface area contributed by atoms with Crippen LogP contribution in [0.3, 0.4) is 0 Å². The molecule has 4 aliphatic carbocycles. The fraction of sp³-hybridized carbons (Fsp3) is 0.690. The zero-order chi connectivity index (χ0) is 24.9. The molecule has 7 nitrogen and oxygen atoms in total. The molecule has 4 saturated carbocycles. The van der Waals surface area contributed by atoms with Crippen LogP contribution < -0.4 is 10.2 Å². The number of hydrogen-bond acceptors (Lipinski definition) is 4. The molecule has 2 aliphatic heterocycles. The molecule has 2 heterocycles. The van der Waals surface area contributed by atoms with Crippen LogP contribution in [-0.2, 0) is 14.4 Å². The molecule has 36 heavy (non-hydrogen) atoms. The van der Waals surface area contributed by atoms with Crippen LogP contribution in [0.2, 0.25) is 0 Å². The normalized spacial score (nSPS) is 32.4. The molecule has 2 saturated heterocycles. The van der Waals surface area contributed by atoms with Crippen LogP contribution >= 0.6 is 0 Å². The zero-order valence-corrected chi connectivity index (χ0v) is 21.6.